The van der Waals surface area contributed by atoms with Crippen LogP contribution in [0, 0.1) is 20.8 Å². The van der Waals surface area contributed by atoms with E-state index in [0.29, 0.717) is 0 Å². The SMILES string of the molecule is Cc1ccc(-c2nnc(SCc3cccc(C)c3)c3nc(C)sc23)cc1. The van der Waals surface area contributed by atoms with Crippen molar-refractivity contribution in [3.63, 3.8) is 0 Å². The monoisotopic (exact) mass is 377 g/mol. The van der Waals surface area contributed by atoms with Crippen LogP contribution in [-0.2, 0) is 5.75 Å². The van der Waals surface area contributed by atoms with Crippen LogP contribution >= 0.6 is 23.1 Å². The average molecular weight is 378 g/mol. The average Bonchev–Trinajstić information content (AvgIpc) is 3.02. The van der Waals surface area contributed by atoms with Gasteiger partial charge in [-0.15, -0.1) is 21.5 Å². The van der Waals surface area contributed by atoms with Crippen molar-refractivity contribution < 1.29 is 0 Å². The molecule has 130 valence electrons. The molecule has 0 fully saturated rings. The lowest BCUT2D eigenvalue weighted by Crippen LogP contribution is -1.93. The van der Waals surface area contributed by atoms with Gasteiger partial charge in [0.05, 0.1) is 9.71 Å². The third-order valence-corrected chi connectivity index (χ3v) is 6.18. The summed E-state index contributed by atoms with van der Waals surface area (Å²) < 4.78 is 1.12. The van der Waals surface area contributed by atoms with Gasteiger partial charge in [-0.25, -0.2) is 4.98 Å². The maximum absolute atomic E-state index is 4.74. The maximum Gasteiger partial charge on any atom is 0.146 e. The van der Waals surface area contributed by atoms with Gasteiger partial charge in [0.15, 0.2) is 0 Å². The highest BCUT2D eigenvalue weighted by Gasteiger charge is 2.16. The van der Waals surface area contributed by atoms with E-state index in [9.17, 15) is 0 Å². The van der Waals surface area contributed by atoms with Crippen molar-refractivity contribution in [1.29, 1.82) is 0 Å². The second-order valence-electron chi connectivity index (χ2n) is 6.41. The van der Waals surface area contributed by atoms with Gasteiger partial charge in [0.25, 0.3) is 0 Å². The van der Waals surface area contributed by atoms with Crippen LogP contribution in [0.4, 0.5) is 0 Å². The molecule has 2 aromatic carbocycles. The second kappa shape index (κ2) is 7.17. The molecule has 3 nitrogen and oxygen atoms in total. The molecule has 0 unspecified atom stereocenters. The molecule has 0 atom stereocenters. The number of aryl methyl sites for hydroxylation is 3. The Morgan fingerprint density at radius 1 is 0.923 bits per heavy atom. The Hall–Kier alpha value is -2.24. The largest absolute Gasteiger partial charge is 0.238 e. The molecular weight excluding hydrogens is 358 g/mol. The minimum Gasteiger partial charge on any atom is -0.238 e. The molecule has 2 heterocycles. The summed E-state index contributed by atoms with van der Waals surface area (Å²) >= 11 is 3.39. The Balaban J connectivity index is 1.71. The maximum atomic E-state index is 4.74. The van der Waals surface area contributed by atoms with Crippen molar-refractivity contribution in [3.05, 3.63) is 70.2 Å². The van der Waals surface area contributed by atoms with Crippen LogP contribution in [0.15, 0.2) is 53.6 Å². The van der Waals surface area contributed by atoms with E-state index in [1.807, 2.05) is 6.92 Å². The number of nitrogens with zero attached hydrogens (tertiary/aromatic N) is 3. The van der Waals surface area contributed by atoms with Gasteiger partial charge in [-0.2, -0.15) is 0 Å². The predicted octanol–water partition coefficient (Wildman–Crippen LogP) is 5.97. The van der Waals surface area contributed by atoms with E-state index in [-0.39, 0.29) is 0 Å². The predicted molar refractivity (Wildman–Crippen MR) is 111 cm³/mol. The first-order valence-corrected chi connectivity index (χ1v) is 10.3. The highest BCUT2D eigenvalue weighted by Crippen LogP contribution is 2.36. The Labute approximate surface area is 161 Å². The summed E-state index contributed by atoms with van der Waals surface area (Å²) in [7, 11) is 0. The molecule has 4 rings (SSSR count). The standard InChI is InChI=1S/C21H19N3S2/c1-13-7-9-17(10-8-13)18-20-19(22-15(3)26-20)21(24-23-18)25-12-16-6-4-5-14(2)11-16/h4-11H,12H2,1-3H3. The quantitative estimate of drug-likeness (QED) is 0.411. The van der Waals surface area contributed by atoms with E-state index in [4.69, 9.17) is 4.98 Å². The van der Waals surface area contributed by atoms with E-state index in [2.05, 4.69) is 72.6 Å². The van der Waals surface area contributed by atoms with Crippen molar-refractivity contribution in [2.24, 2.45) is 0 Å². The Morgan fingerprint density at radius 3 is 2.50 bits per heavy atom. The fourth-order valence-electron chi connectivity index (χ4n) is 2.87. The van der Waals surface area contributed by atoms with E-state index in [1.54, 1.807) is 23.1 Å². The number of hydrogen-bond donors (Lipinski definition) is 0. The number of aromatic nitrogens is 3. The van der Waals surface area contributed by atoms with Crippen LogP contribution in [0.25, 0.3) is 21.5 Å². The molecule has 26 heavy (non-hydrogen) atoms. The first kappa shape index (κ1) is 17.2. The number of hydrogen-bond acceptors (Lipinski definition) is 5. The summed E-state index contributed by atoms with van der Waals surface area (Å²) in [6, 6.07) is 17.0. The molecule has 0 aliphatic rings. The number of rotatable bonds is 4. The van der Waals surface area contributed by atoms with Crippen molar-refractivity contribution >= 4 is 33.3 Å². The number of thioether (sulfide) groups is 1. The Bertz CT molecular complexity index is 1070. The fraction of sp³-hybridized carbons (Fsp3) is 0.190. The third kappa shape index (κ3) is 3.50. The van der Waals surface area contributed by atoms with Gasteiger partial charge < -0.3 is 0 Å². The molecule has 2 aromatic heterocycles. The fourth-order valence-corrected chi connectivity index (χ4v) is 4.73. The van der Waals surface area contributed by atoms with Crippen LogP contribution in [0.2, 0.25) is 0 Å². The molecule has 0 saturated carbocycles. The third-order valence-electron chi connectivity index (χ3n) is 4.18. The molecule has 4 aromatic rings. The van der Waals surface area contributed by atoms with Crippen LogP contribution < -0.4 is 0 Å². The molecule has 0 bridgehead atoms. The molecule has 0 aliphatic carbocycles. The topological polar surface area (TPSA) is 38.7 Å². The van der Waals surface area contributed by atoms with Gasteiger partial charge in [-0.05, 0) is 26.3 Å². The second-order valence-corrected chi connectivity index (χ2v) is 8.58. The summed E-state index contributed by atoms with van der Waals surface area (Å²) in [5.74, 6) is 0.867. The summed E-state index contributed by atoms with van der Waals surface area (Å²) in [6.07, 6.45) is 0. The van der Waals surface area contributed by atoms with Crippen molar-refractivity contribution in [1.82, 2.24) is 15.2 Å². The molecule has 0 amide bonds. The zero-order valence-electron chi connectivity index (χ0n) is 15.0. The summed E-state index contributed by atoms with van der Waals surface area (Å²) in [6.45, 7) is 6.25. The van der Waals surface area contributed by atoms with Gasteiger partial charge in [0.2, 0.25) is 0 Å². The van der Waals surface area contributed by atoms with Gasteiger partial charge in [-0.1, -0.05) is 71.4 Å². The number of benzene rings is 2. The van der Waals surface area contributed by atoms with E-state index < -0.39 is 0 Å². The molecule has 0 N–H and O–H groups in total. The summed E-state index contributed by atoms with van der Waals surface area (Å²) in [5, 5.41) is 11.0. The molecular formula is C21H19N3S2. The molecule has 0 aliphatic heterocycles. The highest BCUT2D eigenvalue weighted by atomic mass is 32.2. The van der Waals surface area contributed by atoms with Crippen LogP contribution in [0.5, 0.6) is 0 Å². The zero-order chi connectivity index (χ0) is 18.1. The zero-order valence-corrected chi connectivity index (χ0v) is 16.6. The van der Waals surface area contributed by atoms with Gasteiger partial charge in [0, 0.05) is 11.3 Å². The van der Waals surface area contributed by atoms with E-state index in [0.717, 1.165) is 37.3 Å². The molecule has 0 spiro atoms. The van der Waals surface area contributed by atoms with Crippen molar-refractivity contribution in [3.8, 4) is 11.3 Å². The highest BCUT2D eigenvalue weighted by molar-refractivity contribution is 7.98. The van der Waals surface area contributed by atoms with Crippen LogP contribution in [-0.4, -0.2) is 15.2 Å². The molecule has 0 saturated heterocycles. The van der Waals surface area contributed by atoms with Gasteiger partial charge in [-0.3, -0.25) is 0 Å². The smallest absolute Gasteiger partial charge is 0.146 e. The lowest BCUT2D eigenvalue weighted by Gasteiger charge is -2.06. The lowest BCUT2D eigenvalue weighted by molar-refractivity contribution is 0.955. The lowest BCUT2D eigenvalue weighted by atomic mass is 10.1. The van der Waals surface area contributed by atoms with Crippen molar-refractivity contribution in [2.75, 3.05) is 0 Å². The summed E-state index contributed by atoms with van der Waals surface area (Å²) in [5.41, 5.74) is 6.79. The van der Waals surface area contributed by atoms with Crippen molar-refractivity contribution in [2.45, 2.75) is 31.6 Å². The molecule has 5 heteroatoms. The van der Waals surface area contributed by atoms with Crippen LogP contribution in [0.1, 0.15) is 21.7 Å². The minimum atomic E-state index is 0.867. The minimum absolute atomic E-state index is 0.867. The first-order valence-electron chi connectivity index (χ1n) is 8.49. The number of fused-ring (bicyclic) bond motifs is 1. The summed E-state index contributed by atoms with van der Waals surface area (Å²) in [4.78, 5) is 4.74. The Kier molecular flexibility index (Phi) is 4.74. The van der Waals surface area contributed by atoms with Gasteiger partial charge >= 0.3 is 0 Å². The Morgan fingerprint density at radius 2 is 1.73 bits per heavy atom. The van der Waals surface area contributed by atoms with E-state index in [1.165, 1.54) is 16.7 Å². The van der Waals surface area contributed by atoms with E-state index >= 15 is 0 Å². The molecule has 0 radical (unpaired) electrons. The van der Waals surface area contributed by atoms with Gasteiger partial charge in [0.1, 0.15) is 16.2 Å². The first-order chi connectivity index (χ1) is 12.6. The number of thiazole rings is 1. The normalized spacial score (nSPS) is 11.2. The van der Waals surface area contributed by atoms with Crippen LogP contribution in [0.3, 0.4) is 0 Å².